The molecule has 0 fully saturated rings. The Labute approximate surface area is 91.5 Å². The van der Waals surface area contributed by atoms with Crippen molar-refractivity contribution in [3.05, 3.63) is 13.8 Å². The van der Waals surface area contributed by atoms with Gasteiger partial charge in [-0.15, -0.1) is 0 Å². The second-order valence-corrected chi connectivity index (χ2v) is 4.51. The Morgan fingerprint density at radius 1 is 0.714 bits per heavy atom. The van der Waals surface area contributed by atoms with Crippen molar-refractivity contribution in [1.29, 1.82) is 0 Å². The summed E-state index contributed by atoms with van der Waals surface area (Å²) in [6, 6.07) is 0. The molecule has 0 spiro atoms. The lowest BCUT2D eigenvalue weighted by Gasteiger charge is -2.08. The summed E-state index contributed by atoms with van der Waals surface area (Å²) >= 11 is 0. The fourth-order valence-corrected chi connectivity index (χ4v) is 1.87. The van der Waals surface area contributed by atoms with Crippen molar-refractivity contribution in [1.82, 2.24) is 0 Å². The van der Waals surface area contributed by atoms with Crippen molar-refractivity contribution < 1.29 is 0 Å². The third-order valence-electron chi connectivity index (χ3n) is 2.89. The first kappa shape index (κ1) is 14.0. The highest BCUT2D eigenvalue weighted by molar-refractivity contribution is 4.55. The summed E-state index contributed by atoms with van der Waals surface area (Å²) in [5, 5.41) is 0. The molecule has 0 saturated heterocycles. The Hall–Kier alpha value is 0. The molecule has 0 heterocycles. The van der Waals surface area contributed by atoms with Crippen molar-refractivity contribution in [2.45, 2.75) is 71.1 Å². The average molecular weight is 196 g/mol. The van der Waals surface area contributed by atoms with Gasteiger partial charge in [-0.2, -0.15) is 0 Å². The molecule has 0 bridgehead atoms. The molecule has 0 heteroatoms. The van der Waals surface area contributed by atoms with Gasteiger partial charge in [0.05, 0.1) is 0 Å². The van der Waals surface area contributed by atoms with Crippen LogP contribution >= 0.6 is 0 Å². The van der Waals surface area contributed by atoms with Crippen LogP contribution in [0.4, 0.5) is 0 Å². The molecule has 14 heavy (non-hydrogen) atoms. The number of hydrogen-bond acceptors (Lipinski definition) is 0. The Balaban J connectivity index is 2.98. The van der Waals surface area contributed by atoms with E-state index in [2.05, 4.69) is 20.8 Å². The van der Waals surface area contributed by atoms with Crippen LogP contribution in [0.15, 0.2) is 0 Å². The van der Waals surface area contributed by atoms with Gasteiger partial charge in [0.15, 0.2) is 0 Å². The van der Waals surface area contributed by atoms with E-state index in [4.69, 9.17) is 0 Å². The van der Waals surface area contributed by atoms with Gasteiger partial charge < -0.3 is 0 Å². The molecule has 0 aliphatic carbocycles. The van der Waals surface area contributed by atoms with Crippen LogP contribution in [0.3, 0.4) is 0 Å². The van der Waals surface area contributed by atoms with Crippen LogP contribution in [-0.4, -0.2) is 0 Å². The second-order valence-electron chi connectivity index (χ2n) is 4.51. The molecule has 1 unspecified atom stereocenters. The maximum absolute atomic E-state index is 3.90. The Kier molecular flexibility index (Phi) is 11.1. The van der Waals surface area contributed by atoms with Crippen LogP contribution in [0.25, 0.3) is 0 Å². The van der Waals surface area contributed by atoms with E-state index in [0.29, 0.717) is 0 Å². The van der Waals surface area contributed by atoms with Crippen LogP contribution in [0, 0.1) is 19.8 Å². The zero-order valence-corrected chi connectivity index (χ0v) is 10.1. The van der Waals surface area contributed by atoms with Crippen molar-refractivity contribution in [3.63, 3.8) is 0 Å². The minimum Gasteiger partial charge on any atom is -0.0625 e. The molecule has 0 aromatic heterocycles. The molecular formula is C14H28. The average Bonchev–Trinajstić information content (AvgIpc) is 2.17. The van der Waals surface area contributed by atoms with Crippen molar-refractivity contribution in [3.8, 4) is 0 Å². The predicted octanol–water partition coefficient (Wildman–Crippen LogP) is 5.19. The normalized spacial score (nSPS) is 13.1. The first-order valence-electron chi connectivity index (χ1n) is 6.39. The zero-order chi connectivity index (χ0) is 10.6. The standard InChI is InChI=1S/C14H28/c1-4-6-7-8-9-10-11-13-14(3)12-5-2/h14H,1-2,4-13H2,3H3. The first-order valence-corrected chi connectivity index (χ1v) is 6.39. The number of rotatable bonds is 10. The third-order valence-corrected chi connectivity index (χ3v) is 2.89. The van der Waals surface area contributed by atoms with E-state index in [1.165, 1.54) is 51.4 Å². The third kappa shape index (κ3) is 10.1. The summed E-state index contributed by atoms with van der Waals surface area (Å²) < 4.78 is 0. The first-order chi connectivity index (χ1) is 6.81. The van der Waals surface area contributed by atoms with Crippen LogP contribution in [0.5, 0.6) is 0 Å². The topological polar surface area (TPSA) is 0 Å². The Bertz CT molecular complexity index is 96.2. The van der Waals surface area contributed by atoms with E-state index in [0.717, 1.165) is 18.8 Å². The molecule has 0 rings (SSSR count). The lowest BCUT2D eigenvalue weighted by molar-refractivity contribution is 0.458. The molecule has 84 valence electrons. The van der Waals surface area contributed by atoms with Crippen molar-refractivity contribution >= 4 is 0 Å². The lowest BCUT2D eigenvalue weighted by atomic mass is 9.98. The van der Waals surface area contributed by atoms with Gasteiger partial charge >= 0.3 is 0 Å². The summed E-state index contributed by atoms with van der Waals surface area (Å²) in [6.07, 6.45) is 13.3. The summed E-state index contributed by atoms with van der Waals surface area (Å²) in [7, 11) is 0. The highest BCUT2D eigenvalue weighted by Crippen LogP contribution is 2.15. The summed E-state index contributed by atoms with van der Waals surface area (Å²) in [4.78, 5) is 0. The second kappa shape index (κ2) is 11.1. The molecule has 0 N–H and O–H groups in total. The van der Waals surface area contributed by atoms with Gasteiger partial charge in [-0.05, 0) is 5.92 Å². The monoisotopic (exact) mass is 196 g/mol. The van der Waals surface area contributed by atoms with Crippen LogP contribution in [0.1, 0.15) is 71.1 Å². The molecule has 0 aromatic carbocycles. The smallest absolute Gasteiger partial charge is 0.0443 e. The minimum atomic E-state index is 0.896. The van der Waals surface area contributed by atoms with Gasteiger partial charge in [-0.1, -0.05) is 85.0 Å². The summed E-state index contributed by atoms with van der Waals surface area (Å²) in [6.45, 7) is 10.1. The highest BCUT2D eigenvalue weighted by Gasteiger charge is 1.99. The molecule has 0 saturated carbocycles. The Morgan fingerprint density at radius 3 is 1.86 bits per heavy atom. The van der Waals surface area contributed by atoms with Crippen LogP contribution in [0.2, 0.25) is 0 Å². The van der Waals surface area contributed by atoms with Crippen LogP contribution < -0.4 is 0 Å². The van der Waals surface area contributed by atoms with Gasteiger partial charge in [0.25, 0.3) is 0 Å². The molecule has 0 aliphatic rings. The van der Waals surface area contributed by atoms with Gasteiger partial charge in [0.1, 0.15) is 0 Å². The van der Waals surface area contributed by atoms with E-state index < -0.39 is 0 Å². The van der Waals surface area contributed by atoms with E-state index in [-0.39, 0.29) is 0 Å². The molecule has 0 aliphatic heterocycles. The van der Waals surface area contributed by atoms with Crippen molar-refractivity contribution in [2.24, 2.45) is 5.92 Å². The fraction of sp³-hybridized carbons (Fsp3) is 0.857. The molecule has 0 amide bonds. The largest absolute Gasteiger partial charge is 0.0625 e. The number of unbranched alkanes of at least 4 members (excludes halogenated alkanes) is 6. The van der Waals surface area contributed by atoms with E-state index in [1.807, 2.05) is 0 Å². The molecule has 0 nitrogen and oxygen atoms in total. The minimum absolute atomic E-state index is 0.896. The quantitative estimate of drug-likeness (QED) is 0.422. The number of hydrogen-bond donors (Lipinski definition) is 0. The molecule has 1 atom stereocenters. The van der Waals surface area contributed by atoms with E-state index in [1.54, 1.807) is 0 Å². The van der Waals surface area contributed by atoms with Gasteiger partial charge in [0, 0.05) is 0 Å². The van der Waals surface area contributed by atoms with Crippen molar-refractivity contribution in [2.75, 3.05) is 0 Å². The maximum atomic E-state index is 3.90. The summed E-state index contributed by atoms with van der Waals surface area (Å²) in [5.74, 6) is 0.896. The molecule has 2 radical (unpaired) electrons. The van der Waals surface area contributed by atoms with Crippen LogP contribution in [-0.2, 0) is 0 Å². The molecule has 0 aromatic rings. The summed E-state index contributed by atoms with van der Waals surface area (Å²) in [5.41, 5.74) is 0. The van der Waals surface area contributed by atoms with Gasteiger partial charge in [-0.25, -0.2) is 0 Å². The SMILES string of the molecule is [CH2]CCCCCCCCC(C)CC[CH2]. The molecular weight excluding hydrogens is 168 g/mol. The highest BCUT2D eigenvalue weighted by atomic mass is 14.1. The fourth-order valence-electron chi connectivity index (χ4n) is 1.87. The maximum Gasteiger partial charge on any atom is -0.0443 e. The van der Waals surface area contributed by atoms with E-state index >= 15 is 0 Å². The van der Waals surface area contributed by atoms with E-state index in [9.17, 15) is 0 Å². The predicted molar refractivity (Wildman–Crippen MR) is 66.0 cm³/mol. The zero-order valence-electron chi connectivity index (χ0n) is 10.1. The van der Waals surface area contributed by atoms with Gasteiger partial charge in [0.2, 0.25) is 0 Å². The lowest BCUT2D eigenvalue weighted by Crippen LogP contribution is -1.93. The Morgan fingerprint density at radius 2 is 1.29 bits per heavy atom. The van der Waals surface area contributed by atoms with Gasteiger partial charge in [-0.3, -0.25) is 0 Å².